The van der Waals surface area contributed by atoms with Gasteiger partial charge in [-0.05, 0) is 37.2 Å². The minimum atomic E-state index is -0.645. The molecule has 1 aliphatic rings. The number of hydrogen-bond acceptors (Lipinski definition) is 3. The van der Waals surface area contributed by atoms with Crippen molar-refractivity contribution in [1.29, 1.82) is 0 Å². The highest BCUT2D eigenvalue weighted by Gasteiger charge is 2.28. The van der Waals surface area contributed by atoms with Crippen LogP contribution < -0.4 is 10.1 Å². The Morgan fingerprint density at radius 3 is 2.48 bits per heavy atom. The molecule has 0 saturated carbocycles. The maximum atomic E-state index is 14.6. The zero-order valence-electron chi connectivity index (χ0n) is 14.1. The number of halogens is 3. The van der Waals surface area contributed by atoms with Crippen LogP contribution in [0, 0.1) is 17.5 Å². The number of benzene rings is 2. The Bertz CT molecular complexity index is 731. The lowest BCUT2D eigenvalue weighted by molar-refractivity contribution is 0.231. The molecular weight excluding hydrogens is 329 g/mol. The van der Waals surface area contributed by atoms with Crippen LogP contribution in [-0.4, -0.2) is 38.2 Å². The summed E-state index contributed by atoms with van der Waals surface area (Å²) in [6.45, 7) is 3.00. The fourth-order valence-electron chi connectivity index (χ4n) is 3.33. The van der Waals surface area contributed by atoms with Crippen LogP contribution in [0.4, 0.5) is 13.2 Å². The standard InChI is InChI=1S/C19H21F3N2O/c1-25-18-6-4-13(20)11-16(18)19(24-9-2-7-23-8-10-24)15-5-3-14(21)12-17(15)22/h3-6,11-12,19,23H,2,7-10H2,1H3. The largest absolute Gasteiger partial charge is 0.496 e. The quantitative estimate of drug-likeness (QED) is 0.913. The first-order chi connectivity index (χ1) is 12.1. The fraction of sp³-hybridized carbons (Fsp3) is 0.368. The topological polar surface area (TPSA) is 24.5 Å². The Hall–Kier alpha value is -2.05. The molecule has 2 aromatic rings. The first-order valence-electron chi connectivity index (χ1n) is 8.33. The highest BCUT2D eigenvalue weighted by Crippen LogP contribution is 2.36. The second kappa shape index (κ2) is 7.89. The highest BCUT2D eigenvalue weighted by atomic mass is 19.1. The molecule has 1 heterocycles. The maximum Gasteiger partial charge on any atom is 0.131 e. The van der Waals surface area contributed by atoms with E-state index in [1.807, 2.05) is 0 Å². The number of hydrogen-bond donors (Lipinski definition) is 1. The van der Waals surface area contributed by atoms with E-state index >= 15 is 0 Å². The molecule has 0 amide bonds. The summed E-state index contributed by atoms with van der Waals surface area (Å²) >= 11 is 0. The Balaban J connectivity index is 2.13. The van der Waals surface area contributed by atoms with Gasteiger partial charge in [-0.3, -0.25) is 4.90 Å². The Labute approximate surface area is 145 Å². The van der Waals surface area contributed by atoms with Gasteiger partial charge in [-0.1, -0.05) is 6.07 Å². The Kier molecular flexibility index (Phi) is 5.60. The van der Waals surface area contributed by atoms with Crippen molar-refractivity contribution >= 4 is 0 Å². The second-order valence-corrected chi connectivity index (χ2v) is 6.09. The summed E-state index contributed by atoms with van der Waals surface area (Å²) < 4.78 is 47.3. The van der Waals surface area contributed by atoms with Crippen LogP contribution in [0.15, 0.2) is 36.4 Å². The van der Waals surface area contributed by atoms with E-state index in [0.717, 1.165) is 25.6 Å². The van der Waals surface area contributed by atoms with Gasteiger partial charge >= 0.3 is 0 Å². The summed E-state index contributed by atoms with van der Waals surface area (Å²) in [7, 11) is 1.50. The first-order valence-corrected chi connectivity index (χ1v) is 8.33. The van der Waals surface area contributed by atoms with Gasteiger partial charge in [-0.15, -0.1) is 0 Å². The fourth-order valence-corrected chi connectivity index (χ4v) is 3.33. The lowest BCUT2D eigenvalue weighted by atomic mass is 9.95. The number of ether oxygens (including phenoxy) is 1. The van der Waals surface area contributed by atoms with Crippen LogP contribution in [0.1, 0.15) is 23.6 Å². The van der Waals surface area contributed by atoms with Crippen LogP contribution in [0.25, 0.3) is 0 Å². The summed E-state index contributed by atoms with van der Waals surface area (Å²) in [5, 5.41) is 3.30. The van der Waals surface area contributed by atoms with Gasteiger partial charge in [0.2, 0.25) is 0 Å². The van der Waals surface area contributed by atoms with Gasteiger partial charge in [0.25, 0.3) is 0 Å². The van der Waals surface area contributed by atoms with E-state index in [-0.39, 0.29) is 0 Å². The SMILES string of the molecule is COc1ccc(F)cc1C(c1ccc(F)cc1F)N1CCCNCC1. The van der Waals surface area contributed by atoms with E-state index in [9.17, 15) is 13.2 Å². The van der Waals surface area contributed by atoms with E-state index in [2.05, 4.69) is 10.2 Å². The molecule has 134 valence electrons. The molecule has 3 rings (SSSR count). The molecule has 0 radical (unpaired) electrons. The van der Waals surface area contributed by atoms with Gasteiger partial charge in [0, 0.05) is 36.8 Å². The average molecular weight is 350 g/mol. The summed E-state index contributed by atoms with van der Waals surface area (Å²) in [5.74, 6) is -1.22. The third-order valence-electron chi connectivity index (χ3n) is 4.48. The summed E-state index contributed by atoms with van der Waals surface area (Å²) in [6.07, 6.45) is 0.886. The van der Waals surface area contributed by atoms with Crippen molar-refractivity contribution in [3.63, 3.8) is 0 Å². The summed E-state index contributed by atoms with van der Waals surface area (Å²) in [5.41, 5.74) is 0.849. The number of nitrogens with one attached hydrogen (secondary N) is 1. The van der Waals surface area contributed by atoms with E-state index in [0.29, 0.717) is 30.0 Å². The Morgan fingerprint density at radius 2 is 1.72 bits per heavy atom. The van der Waals surface area contributed by atoms with Crippen LogP contribution >= 0.6 is 0 Å². The van der Waals surface area contributed by atoms with E-state index in [1.54, 1.807) is 0 Å². The van der Waals surface area contributed by atoms with Gasteiger partial charge in [0.15, 0.2) is 0 Å². The predicted octanol–water partition coefficient (Wildman–Crippen LogP) is 3.50. The van der Waals surface area contributed by atoms with Gasteiger partial charge in [-0.25, -0.2) is 13.2 Å². The molecule has 1 atom stereocenters. The van der Waals surface area contributed by atoms with Crippen molar-refractivity contribution in [3.8, 4) is 5.75 Å². The third kappa shape index (κ3) is 3.96. The van der Waals surface area contributed by atoms with Crippen LogP contribution in [-0.2, 0) is 0 Å². The molecule has 1 aliphatic heterocycles. The molecule has 1 fully saturated rings. The Morgan fingerprint density at radius 1 is 0.960 bits per heavy atom. The van der Waals surface area contributed by atoms with E-state index in [4.69, 9.17) is 4.74 Å². The minimum Gasteiger partial charge on any atom is -0.496 e. The minimum absolute atomic E-state index is 0.312. The van der Waals surface area contributed by atoms with Crippen molar-refractivity contribution in [2.24, 2.45) is 0 Å². The van der Waals surface area contributed by atoms with Gasteiger partial charge in [-0.2, -0.15) is 0 Å². The van der Waals surface area contributed by atoms with Crippen LogP contribution in [0.2, 0.25) is 0 Å². The van der Waals surface area contributed by atoms with Gasteiger partial charge < -0.3 is 10.1 Å². The lowest BCUT2D eigenvalue weighted by Crippen LogP contribution is -2.33. The smallest absolute Gasteiger partial charge is 0.131 e. The molecule has 25 heavy (non-hydrogen) atoms. The van der Waals surface area contributed by atoms with E-state index < -0.39 is 23.5 Å². The average Bonchev–Trinajstić information content (AvgIpc) is 2.87. The molecule has 6 heteroatoms. The molecule has 1 saturated heterocycles. The normalized spacial score (nSPS) is 17.1. The molecule has 2 aromatic carbocycles. The van der Waals surface area contributed by atoms with Crippen molar-refractivity contribution in [2.45, 2.75) is 12.5 Å². The number of rotatable bonds is 4. The second-order valence-electron chi connectivity index (χ2n) is 6.09. The van der Waals surface area contributed by atoms with Crippen LogP contribution in [0.5, 0.6) is 5.75 Å². The van der Waals surface area contributed by atoms with Gasteiger partial charge in [0.1, 0.15) is 23.2 Å². The monoisotopic (exact) mass is 350 g/mol. The van der Waals surface area contributed by atoms with Gasteiger partial charge in [0.05, 0.1) is 13.2 Å². The molecule has 0 spiro atoms. The zero-order chi connectivity index (χ0) is 17.8. The molecular formula is C19H21F3N2O. The summed E-state index contributed by atoms with van der Waals surface area (Å²) in [6, 6.07) is 7.19. The molecule has 0 aromatic heterocycles. The molecule has 0 bridgehead atoms. The van der Waals surface area contributed by atoms with Crippen LogP contribution in [0.3, 0.4) is 0 Å². The molecule has 0 aliphatic carbocycles. The maximum absolute atomic E-state index is 14.6. The first kappa shape index (κ1) is 17.8. The van der Waals surface area contributed by atoms with Crippen molar-refractivity contribution in [3.05, 3.63) is 65.0 Å². The summed E-state index contributed by atoms with van der Waals surface area (Å²) in [4.78, 5) is 2.08. The predicted molar refractivity (Wildman–Crippen MR) is 90.2 cm³/mol. The molecule has 1 unspecified atom stereocenters. The zero-order valence-corrected chi connectivity index (χ0v) is 14.1. The lowest BCUT2D eigenvalue weighted by Gasteiger charge is -2.32. The third-order valence-corrected chi connectivity index (χ3v) is 4.48. The number of methoxy groups -OCH3 is 1. The van der Waals surface area contributed by atoms with Crippen molar-refractivity contribution < 1.29 is 17.9 Å². The van der Waals surface area contributed by atoms with Crippen molar-refractivity contribution in [2.75, 3.05) is 33.3 Å². The van der Waals surface area contributed by atoms with Crippen molar-refractivity contribution in [1.82, 2.24) is 10.2 Å². The molecule has 1 N–H and O–H groups in total. The highest BCUT2D eigenvalue weighted by molar-refractivity contribution is 5.42. The van der Waals surface area contributed by atoms with E-state index in [1.165, 1.54) is 37.4 Å². The number of nitrogens with zero attached hydrogens (tertiary/aromatic N) is 1. The molecule has 3 nitrogen and oxygen atoms in total.